The van der Waals surface area contributed by atoms with Crippen molar-refractivity contribution < 1.29 is 19.7 Å². The molecule has 5 nitrogen and oxygen atoms in total. The smallest absolute Gasteiger partial charge is 0.261 e. The van der Waals surface area contributed by atoms with E-state index in [1.54, 1.807) is 4.90 Å². The molecule has 1 saturated carbocycles. The number of phenolic OH excluding ortho intramolecular Hbond substituents is 2. The number of morpholine rings is 1. The highest BCUT2D eigenvalue weighted by molar-refractivity contribution is 5.99. The Kier molecular flexibility index (Phi) is 3.06. The lowest BCUT2D eigenvalue weighted by Gasteiger charge is -2.37. The maximum atomic E-state index is 12.5. The van der Waals surface area contributed by atoms with Gasteiger partial charge in [-0.25, -0.2) is 0 Å². The quantitative estimate of drug-likeness (QED) is 0.805. The molecular formula is C14H17NO4. The first-order chi connectivity index (χ1) is 9.18. The summed E-state index contributed by atoms with van der Waals surface area (Å²) >= 11 is 0. The van der Waals surface area contributed by atoms with E-state index in [4.69, 9.17) is 4.74 Å². The molecule has 0 aromatic heterocycles. The Morgan fingerprint density at radius 1 is 1.26 bits per heavy atom. The molecule has 102 valence electrons. The fourth-order valence-electron chi connectivity index (χ4n) is 3.07. The van der Waals surface area contributed by atoms with Crippen LogP contribution in [0.1, 0.15) is 29.6 Å². The summed E-state index contributed by atoms with van der Waals surface area (Å²) in [6.45, 7) is 1.02. The summed E-state index contributed by atoms with van der Waals surface area (Å²) in [5, 5.41) is 19.6. The maximum absolute atomic E-state index is 12.5. The SMILES string of the molecule is O=C(c1c(O)cccc1O)N1CCOC2CCCC21. The largest absolute Gasteiger partial charge is 0.507 e. The van der Waals surface area contributed by atoms with Gasteiger partial charge in [0.2, 0.25) is 0 Å². The van der Waals surface area contributed by atoms with Gasteiger partial charge >= 0.3 is 0 Å². The molecule has 2 aliphatic rings. The first-order valence-corrected chi connectivity index (χ1v) is 6.62. The first kappa shape index (κ1) is 12.3. The second-order valence-corrected chi connectivity index (χ2v) is 5.08. The summed E-state index contributed by atoms with van der Waals surface area (Å²) in [6.07, 6.45) is 3.04. The number of phenols is 2. The van der Waals surface area contributed by atoms with Gasteiger partial charge in [-0.1, -0.05) is 6.07 Å². The Hall–Kier alpha value is -1.75. The van der Waals surface area contributed by atoms with Gasteiger partial charge in [-0.15, -0.1) is 0 Å². The summed E-state index contributed by atoms with van der Waals surface area (Å²) < 4.78 is 5.66. The van der Waals surface area contributed by atoms with Gasteiger partial charge in [0.25, 0.3) is 5.91 Å². The van der Waals surface area contributed by atoms with Gasteiger partial charge in [-0.3, -0.25) is 4.79 Å². The van der Waals surface area contributed by atoms with E-state index in [0.29, 0.717) is 13.2 Å². The van der Waals surface area contributed by atoms with E-state index in [2.05, 4.69) is 0 Å². The summed E-state index contributed by atoms with van der Waals surface area (Å²) in [7, 11) is 0. The monoisotopic (exact) mass is 263 g/mol. The summed E-state index contributed by atoms with van der Waals surface area (Å²) in [4.78, 5) is 14.3. The minimum Gasteiger partial charge on any atom is -0.507 e. The third-order valence-electron chi connectivity index (χ3n) is 3.98. The Balaban J connectivity index is 1.91. The Morgan fingerprint density at radius 3 is 2.74 bits per heavy atom. The molecule has 3 rings (SSSR count). The zero-order chi connectivity index (χ0) is 13.4. The van der Waals surface area contributed by atoms with E-state index in [9.17, 15) is 15.0 Å². The molecule has 1 aromatic carbocycles. The van der Waals surface area contributed by atoms with Gasteiger partial charge in [-0.05, 0) is 31.4 Å². The zero-order valence-electron chi connectivity index (χ0n) is 10.6. The van der Waals surface area contributed by atoms with Crippen LogP contribution in [0.15, 0.2) is 18.2 Å². The average Bonchev–Trinajstić information content (AvgIpc) is 2.86. The molecular weight excluding hydrogens is 246 g/mol. The third kappa shape index (κ3) is 2.04. The molecule has 2 atom stereocenters. The number of carbonyl (C=O) groups excluding carboxylic acids is 1. The predicted molar refractivity (Wildman–Crippen MR) is 68.2 cm³/mol. The number of amides is 1. The number of carbonyl (C=O) groups is 1. The van der Waals surface area contributed by atoms with Gasteiger partial charge in [0, 0.05) is 6.54 Å². The maximum Gasteiger partial charge on any atom is 0.261 e. The summed E-state index contributed by atoms with van der Waals surface area (Å²) in [6, 6.07) is 4.42. The first-order valence-electron chi connectivity index (χ1n) is 6.62. The van der Waals surface area contributed by atoms with E-state index in [1.807, 2.05) is 0 Å². The molecule has 1 aliphatic carbocycles. The molecule has 0 bridgehead atoms. The van der Waals surface area contributed by atoms with Crippen molar-refractivity contribution in [3.05, 3.63) is 23.8 Å². The number of ether oxygens (including phenoxy) is 1. The Morgan fingerprint density at radius 2 is 2.00 bits per heavy atom. The van der Waals surface area contributed by atoms with Crippen molar-refractivity contribution in [1.82, 2.24) is 4.90 Å². The average molecular weight is 263 g/mol. The normalized spacial score (nSPS) is 26.2. The Bertz CT molecular complexity index is 482. The van der Waals surface area contributed by atoms with Crippen molar-refractivity contribution in [2.75, 3.05) is 13.2 Å². The lowest BCUT2D eigenvalue weighted by Crippen LogP contribution is -2.51. The molecule has 1 amide bonds. The van der Waals surface area contributed by atoms with Crippen molar-refractivity contribution in [1.29, 1.82) is 0 Å². The van der Waals surface area contributed by atoms with Crippen LogP contribution in [0.4, 0.5) is 0 Å². The molecule has 0 radical (unpaired) electrons. The van der Waals surface area contributed by atoms with Gasteiger partial charge in [0.1, 0.15) is 17.1 Å². The lowest BCUT2D eigenvalue weighted by molar-refractivity contribution is -0.0447. The van der Waals surface area contributed by atoms with E-state index < -0.39 is 0 Å². The molecule has 1 saturated heterocycles. The number of nitrogens with zero attached hydrogens (tertiary/aromatic N) is 1. The minimum absolute atomic E-state index is 0.00458. The molecule has 0 spiro atoms. The van der Waals surface area contributed by atoms with Crippen LogP contribution in [0.3, 0.4) is 0 Å². The highest BCUT2D eigenvalue weighted by Gasteiger charge is 2.39. The van der Waals surface area contributed by atoms with Gasteiger partial charge < -0.3 is 19.8 Å². The van der Waals surface area contributed by atoms with Crippen molar-refractivity contribution in [3.63, 3.8) is 0 Å². The number of hydrogen-bond donors (Lipinski definition) is 2. The third-order valence-corrected chi connectivity index (χ3v) is 3.98. The van der Waals surface area contributed by atoms with Crippen LogP contribution >= 0.6 is 0 Å². The van der Waals surface area contributed by atoms with Gasteiger partial charge in [-0.2, -0.15) is 0 Å². The van der Waals surface area contributed by atoms with Crippen LogP contribution in [0.5, 0.6) is 11.5 Å². The lowest BCUT2D eigenvalue weighted by atomic mass is 10.1. The molecule has 1 aliphatic heterocycles. The number of aromatic hydroxyl groups is 2. The summed E-state index contributed by atoms with van der Waals surface area (Å²) in [5.41, 5.74) is -0.00458. The van der Waals surface area contributed by atoms with Crippen molar-refractivity contribution in [2.45, 2.75) is 31.4 Å². The Labute approximate surface area is 111 Å². The molecule has 1 aromatic rings. The molecule has 1 heterocycles. The fraction of sp³-hybridized carbons (Fsp3) is 0.500. The van der Waals surface area contributed by atoms with Crippen LogP contribution in [-0.4, -0.2) is 46.3 Å². The molecule has 2 N–H and O–H groups in total. The van der Waals surface area contributed by atoms with Crippen LogP contribution in [0.2, 0.25) is 0 Å². The zero-order valence-corrected chi connectivity index (χ0v) is 10.6. The second kappa shape index (κ2) is 4.74. The van der Waals surface area contributed by atoms with Crippen LogP contribution < -0.4 is 0 Å². The second-order valence-electron chi connectivity index (χ2n) is 5.08. The molecule has 5 heteroatoms. The number of benzene rings is 1. The summed E-state index contributed by atoms with van der Waals surface area (Å²) in [5.74, 6) is -0.659. The highest BCUT2D eigenvalue weighted by atomic mass is 16.5. The molecule has 19 heavy (non-hydrogen) atoms. The van der Waals surface area contributed by atoms with Crippen molar-refractivity contribution in [3.8, 4) is 11.5 Å². The highest BCUT2D eigenvalue weighted by Crippen LogP contribution is 2.34. The minimum atomic E-state index is -0.309. The van der Waals surface area contributed by atoms with Crippen LogP contribution in [0, 0.1) is 0 Å². The van der Waals surface area contributed by atoms with Crippen molar-refractivity contribution >= 4 is 5.91 Å². The van der Waals surface area contributed by atoms with E-state index in [0.717, 1.165) is 19.3 Å². The fourth-order valence-corrected chi connectivity index (χ4v) is 3.07. The number of rotatable bonds is 1. The van der Waals surface area contributed by atoms with E-state index in [1.165, 1.54) is 18.2 Å². The number of hydrogen-bond acceptors (Lipinski definition) is 4. The topological polar surface area (TPSA) is 70.0 Å². The van der Waals surface area contributed by atoms with Crippen molar-refractivity contribution in [2.24, 2.45) is 0 Å². The standard InChI is InChI=1S/C14H17NO4/c16-10-4-2-5-11(17)13(10)14(18)15-7-8-19-12-6-1-3-9(12)15/h2,4-5,9,12,16-17H,1,3,6-8H2. The van der Waals surface area contributed by atoms with Gasteiger partial charge in [0.15, 0.2) is 0 Å². The molecule has 2 fully saturated rings. The number of fused-ring (bicyclic) bond motifs is 1. The van der Waals surface area contributed by atoms with Crippen LogP contribution in [-0.2, 0) is 4.74 Å². The van der Waals surface area contributed by atoms with Crippen LogP contribution in [0.25, 0.3) is 0 Å². The molecule has 2 unspecified atom stereocenters. The van der Waals surface area contributed by atoms with Gasteiger partial charge in [0.05, 0.1) is 18.8 Å². The van der Waals surface area contributed by atoms with E-state index in [-0.39, 0.29) is 35.1 Å². The van der Waals surface area contributed by atoms with E-state index >= 15 is 0 Å². The predicted octanol–water partition coefficient (Wildman–Crippen LogP) is 1.49.